The Morgan fingerprint density at radius 2 is 1.66 bits per heavy atom. The molecule has 0 saturated carbocycles. The highest BCUT2D eigenvalue weighted by molar-refractivity contribution is 7.91. The van der Waals surface area contributed by atoms with Crippen molar-refractivity contribution in [1.29, 1.82) is 0 Å². The van der Waals surface area contributed by atoms with E-state index in [1.165, 1.54) is 6.20 Å². The van der Waals surface area contributed by atoms with Gasteiger partial charge >= 0.3 is 0 Å². The molecule has 0 saturated heterocycles. The van der Waals surface area contributed by atoms with Crippen LogP contribution < -0.4 is 10.1 Å². The summed E-state index contributed by atoms with van der Waals surface area (Å²) in [6, 6.07) is 21.1. The predicted molar refractivity (Wildman–Crippen MR) is 125 cm³/mol. The van der Waals surface area contributed by atoms with Crippen molar-refractivity contribution < 1.29 is 17.9 Å². The number of amides is 1. The van der Waals surface area contributed by atoms with Crippen LogP contribution >= 0.6 is 0 Å². The Morgan fingerprint density at radius 1 is 0.969 bits per heavy atom. The van der Waals surface area contributed by atoms with Crippen LogP contribution in [0.1, 0.15) is 12.5 Å². The van der Waals surface area contributed by atoms with Gasteiger partial charge in [-0.25, -0.2) is 8.42 Å². The van der Waals surface area contributed by atoms with Crippen molar-refractivity contribution in [3.05, 3.63) is 84.6 Å². The van der Waals surface area contributed by atoms with E-state index < -0.39 is 9.84 Å². The molecule has 0 spiro atoms. The van der Waals surface area contributed by atoms with Gasteiger partial charge in [-0.15, -0.1) is 0 Å². The average molecular weight is 449 g/mol. The number of nitrogens with one attached hydrogen (secondary N) is 1. The number of para-hydroxylation sites is 3. The summed E-state index contributed by atoms with van der Waals surface area (Å²) in [6.07, 6.45) is 1.54. The summed E-state index contributed by atoms with van der Waals surface area (Å²) in [7, 11) is -3.74. The van der Waals surface area contributed by atoms with Gasteiger partial charge in [0.15, 0.2) is 0 Å². The largest absolute Gasteiger partial charge is 0.492 e. The van der Waals surface area contributed by atoms with E-state index in [0.29, 0.717) is 28.9 Å². The zero-order chi connectivity index (χ0) is 22.7. The molecule has 0 aliphatic rings. The van der Waals surface area contributed by atoms with E-state index in [2.05, 4.69) is 5.32 Å². The van der Waals surface area contributed by atoms with Gasteiger partial charge in [-0.05, 0) is 44.2 Å². The number of benzene rings is 3. The lowest BCUT2D eigenvalue weighted by atomic mass is 10.2. The molecule has 0 aliphatic heterocycles. The van der Waals surface area contributed by atoms with E-state index >= 15 is 0 Å². The molecule has 1 heterocycles. The van der Waals surface area contributed by atoms with Crippen LogP contribution in [0.3, 0.4) is 0 Å². The van der Waals surface area contributed by atoms with Crippen LogP contribution in [0.25, 0.3) is 10.9 Å². The molecule has 4 aromatic rings. The van der Waals surface area contributed by atoms with E-state index in [-0.39, 0.29) is 22.2 Å². The zero-order valence-corrected chi connectivity index (χ0v) is 18.7. The summed E-state index contributed by atoms with van der Waals surface area (Å²) >= 11 is 0. The molecular formula is C25H24N2O4S. The molecule has 1 N–H and O–H groups in total. The van der Waals surface area contributed by atoms with Crippen LogP contribution in [0.4, 0.5) is 5.69 Å². The molecule has 0 fully saturated rings. The van der Waals surface area contributed by atoms with E-state index in [4.69, 9.17) is 4.74 Å². The molecule has 4 rings (SSSR count). The minimum atomic E-state index is -3.74. The predicted octanol–water partition coefficient (Wildman–Crippen LogP) is 4.82. The van der Waals surface area contributed by atoms with Gasteiger partial charge in [0.2, 0.25) is 15.7 Å². The van der Waals surface area contributed by atoms with Gasteiger partial charge in [0.1, 0.15) is 12.3 Å². The van der Waals surface area contributed by atoms with Crippen molar-refractivity contribution in [2.24, 2.45) is 0 Å². The maximum atomic E-state index is 13.3. The number of aromatic nitrogens is 1. The lowest BCUT2D eigenvalue weighted by Crippen LogP contribution is -2.18. The quantitative estimate of drug-likeness (QED) is 0.440. The Bertz CT molecular complexity index is 1370. The first-order chi connectivity index (χ1) is 15.4. The lowest BCUT2D eigenvalue weighted by molar-refractivity contribution is -0.116. The molecule has 0 unspecified atom stereocenters. The highest BCUT2D eigenvalue weighted by Gasteiger charge is 2.24. The Morgan fingerprint density at radius 3 is 2.41 bits per heavy atom. The Labute approximate surface area is 187 Å². The molecule has 7 heteroatoms. The number of ether oxygens (including phenoxy) is 1. The summed E-state index contributed by atoms with van der Waals surface area (Å²) in [5, 5.41) is 3.44. The molecule has 164 valence electrons. The molecule has 32 heavy (non-hydrogen) atoms. The fourth-order valence-electron chi connectivity index (χ4n) is 3.60. The first kappa shape index (κ1) is 21.6. The van der Waals surface area contributed by atoms with E-state index in [1.807, 2.05) is 38.1 Å². The molecule has 1 aromatic heterocycles. The third kappa shape index (κ3) is 4.24. The second-order valence-corrected chi connectivity index (χ2v) is 9.35. The fourth-order valence-corrected chi connectivity index (χ4v) is 5.07. The molecule has 0 atom stereocenters. The van der Waals surface area contributed by atoms with Gasteiger partial charge in [-0.1, -0.05) is 48.0 Å². The number of anilines is 1. The number of carbonyl (C=O) groups excluding carboxylic acids is 1. The Balaban J connectivity index is 1.68. The number of rotatable bonds is 7. The van der Waals surface area contributed by atoms with E-state index in [0.717, 1.165) is 5.56 Å². The highest BCUT2D eigenvalue weighted by atomic mass is 32.2. The maximum absolute atomic E-state index is 13.3. The zero-order valence-electron chi connectivity index (χ0n) is 17.9. The van der Waals surface area contributed by atoms with Crippen LogP contribution in [0.2, 0.25) is 0 Å². The van der Waals surface area contributed by atoms with Crippen molar-refractivity contribution in [2.45, 2.75) is 30.2 Å². The minimum absolute atomic E-state index is 0.0373. The lowest BCUT2D eigenvalue weighted by Gasteiger charge is -2.12. The van der Waals surface area contributed by atoms with Gasteiger partial charge < -0.3 is 14.6 Å². The van der Waals surface area contributed by atoms with Crippen molar-refractivity contribution in [3.8, 4) is 5.75 Å². The normalized spacial score (nSPS) is 11.4. The first-order valence-corrected chi connectivity index (χ1v) is 11.8. The molecule has 0 radical (unpaired) electrons. The smallest absolute Gasteiger partial charge is 0.244 e. The van der Waals surface area contributed by atoms with Gasteiger partial charge in [-0.2, -0.15) is 0 Å². The van der Waals surface area contributed by atoms with Gasteiger partial charge in [0.05, 0.1) is 22.1 Å². The second kappa shape index (κ2) is 8.88. The SMILES string of the molecule is CCOc1ccccc1NC(=O)Cn1cc(S(=O)(=O)c2ccc(C)cc2)c2ccccc21. The number of carbonyl (C=O) groups is 1. The molecule has 6 nitrogen and oxygen atoms in total. The van der Waals surface area contributed by atoms with Crippen molar-refractivity contribution in [3.63, 3.8) is 0 Å². The monoisotopic (exact) mass is 448 g/mol. The number of hydrogen-bond acceptors (Lipinski definition) is 4. The van der Waals surface area contributed by atoms with Crippen LogP contribution in [0.15, 0.2) is 88.8 Å². The number of fused-ring (bicyclic) bond motifs is 1. The molecular weight excluding hydrogens is 424 g/mol. The first-order valence-electron chi connectivity index (χ1n) is 10.3. The molecule has 1 amide bonds. The van der Waals surface area contributed by atoms with Crippen molar-refractivity contribution in [2.75, 3.05) is 11.9 Å². The average Bonchev–Trinajstić information content (AvgIpc) is 3.15. The number of sulfone groups is 1. The minimum Gasteiger partial charge on any atom is -0.492 e. The van der Waals surface area contributed by atoms with Crippen LogP contribution in [-0.2, 0) is 21.2 Å². The number of hydrogen-bond donors (Lipinski definition) is 1. The maximum Gasteiger partial charge on any atom is 0.244 e. The summed E-state index contributed by atoms with van der Waals surface area (Å²) in [4.78, 5) is 13.2. The summed E-state index contributed by atoms with van der Waals surface area (Å²) < 4.78 is 33.9. The van der Waals surface area contributed by atoms with Crippen LogP contribution in [0, 0.1) is 6.92 Å². The topological polar surface area (TPSA) is 77.4 Å². The van der Waals surface area contributed by atoms with Crippen molar-refractivity contribution >= 4 is 32.3 Å². The fraction of sp³-hybridized carbons (Fsp3) is 0.160. The van der Waals surface area contributed by atoms with E-state index in [9.17, 15) is 13.2 Å². The molecule has 0 bridgehead atoms. The third-order valence-corrected chi connectivity index (χ3v) is 6.94. The summed E-state index contributed by atoms with van der Waals surface area (Å²) in [6.45, 7) is 4.23. The van der Waals surface area contributed by atoms with Gasteiger partial charge in [0, 0.05) is 17.1 Å². The van der Waals surface area contributed by atoms with Crippen LogP contribution in [-0.4, -0.2) is 25.5 Å². The molecule has 0 aliphatic carbocycles. The van der Waals surface area contributed by atoms with Gasteiger partial charge in [0.25, 0.3) is 0 Å². The summed E-state index contributed by atoms with van der Waals surface area (Å²) in [5.41, 5.74) is 2.23. The molecule has 3 aromatic carbocycles. The van der Waals surface area contributed by atoms with Gasteiger partial charge in [-0.3, -0.25) is 4.79 Å². The van der Waals surface area contributed by atoms with Crippen LogP contribution in [0.5, 0.6) is 5.75 Å². The third-order valence-electron chi connectivity index (χ3n) is 5.15. The van der Waals surface area contributed by atoms with E-state index in [1.54, 1.807) is 53.1 Å². The standard InChI is InChI=1S/C25H24N2O4S/c1-3-31-23-11-7-5-9-21(23)26-25(28)17-27-16-24(20-8-4-6-10-22(20)27)32(29,30)19-14-12-18(2)13-15-19/h4-16H,3,17H2,1-2H3,(H,26,28). The highest BCUT2D eigenvalue weighted by Crippen LogP contribution is 2.30. The second-order valence-electron chi connectivity index (χ2n) is 7.43. The number of aryl methyl sites for hydroxylation is 1. The Hall–Kier alpha value is -3.58. The number of nitrogens with zero attached hydrogens (tertiary/aromatic N) is 1. The van der Waals surface area contributed by atoms with Crippen molar-refractivity contribution in [1.82, 2.24) is 4.57 Å². The Kier molecular flexibility index (Phi) is 6.01. The summed E-state index contributed by atoms with van der Waals surface area (Å²) in [5.74, 6) is 0.306.